The number of benzene rings is 1. The molecule has 2 N–H and O–H groups in total. The zero-order chi connectivity index (χ0) is 15.4. The molecule has 0 saturated heterocycles. The quantitative estimate of drug-likeness (QED) is 0.890. The number of aryl methyl sites for hydroxylation is 2. The summed E-state index contributed by atoms with van der Waals surface area (Å²) in [6.45, 7) is 3.65. The van der Waals surface area contributed by atoms with Crippen molar-refractivity contribution in [2.24, 2.45) is 0 Å². The van der Waals surface area contributed by atoms with Gasteiger partial charge in [0, 0.05) is 24.1 Å². The van der Waals surface area contributed by atoms with E-state index >= 15 is 0 Å². The molecule has 1 aromatic heterocycles. The van der Waals surface area contributed by atoms with Crippen LogP contribution in [0.4, 0.5) is 4.39 Å². The summed E-state index contributed by atoms with van der Waals surface area (Å²) in [6, 6.07) is 6.22. The fraction of sp³-hybridized carbons (Fsp3) is 0.312. The third-order valence-electron chi connectivity index (χ3n) is 3.26. The molecular formula is C16H18FNO3. The third kappa shape index (κ3) is 3.49. The van der Waals surface area contributed by atoms with Crippen LogP contribution in [0.1, 0.15) is 39.9 Å². The smallest absolute Gasteiger partial charge is 0.287 e. The lowest BCUT2D eigenvalue weighted by atomic mass is 10.1. The molecule has 0 saturated carbocycles. The summed E-state index contributed by atoms with van der Waals surface area (Å²) in [5.41, 5.74) is 1.72. The van der Waals surface area contributed by atoms with E-state index in [-0.39, 0.29) is 24.6 Å². The van der Waals surface area contributed by atoms with Gasteiger partial charge in [0.25, 0.3) is 5.91 Å². The molecule has 0 aliphatic rings. The number of aliphatic hydroxyl groups excluding tert-OH is 1. The number of nitrogens with one attached hydrogen (secondary N) is 1. The average Bonchev–Trinajstić information content (AvgIpc) is 2.87. The van der Waals surface area contributed by atoms with Gasteiger partial charge in [0.05, 0.1) is 6.61 Å². The van der Waals surface area contributed by atoms with E-state index in [1.54, 1.807) is 6.07 Å². The van der Waals surface area contributed by atoms with Gasteiger partial charge in [-0.2, -0.15) is 0 Å². The van der Waals surface area contributed by atoms with Gasteiger partial charge >= 0.3 is 0 Å². The van der Waals surface area contributed by atoms with Crippen LogP contribution in [0.25, 0.3) is 0 Å². The molecule has 0 fully saturated rings. The van der Waals surface area contributed by atoms with Crippen LogP contribution in [0, 0.1) is 12.7 Å². The number of carbonyl (C=O) groups excluding carboxylic acids is 1. The minimum absolute atomic E-state index is 0.212. The first kappa shape index (κ1) is 15.3. The van der Waals surface area contributed by atoms with Crippen molar-refractivity contribution in [2.75, 3.05) is 0 Å². The number of hydrogen-bond donors (Lipinski definition) is 2. The third-order valence-corrected chi connectivity index (χ3v) is 3.26. The van der Waals surface area contributed by atoms with Gasteiger partial charge in [-0.05, 0) is 30.7 Å². The van der Waals surface area contributed by atoms with Gasteiger partial charge in [-0.15, -0.1) is 0 Å². The lowest BCUT2D eigenvalue weighted by Crippen LogP contribution is -2.23. The summed E-state index contributed by atoms with van der Waals surface area (Å²) >= 11 is 0. The van der Waals surface area contributed by atoms with Gasteiger partial charge in [-0.3, -0.25) is 4.79 Å². The molecule has 21 heavy (non-hydrogen) atoms. The van der Waals surface area contributed by atoms with E-state index in [1.165, 1.54) is 12.1 Å². The number of halogens is 1. The molecule has 5 heteroatoms. The number of hydrogen-bond acceptors (Lipinski definition) is 3. The van der Waals surface area contributed by atoms with Crippen LogP contribution in [0.5, 0.6) is 0 Å². The van der Waals surface area contributed by atoms with Crippen molar-refractivity contribution >= 4 is 5.91 Å². The molecule has 2 aromatic rings. The maximum Gasteiger partial charge on any atom is 0.287 e. The van der Waals surface area contributed by atoms with Crippen LogP contribution in [0.15, 0.2) is 28.7 Å². The predicted octanol–water partition coefficient (Wildman–Crippen LogP) is 2.71. The van der Waals surface area contributed by atoms with Crippen LogP contribution >= 0.6 is 0 Å². The highest BCUT2D eigenvalue weighted by molar-refractivity contribution is 5.92. The predicted molar refractivity (Wildman–Crippen MR) is 76.3 cm³/mol. The molecule has 1 amide bonds. The first-order chi connectivity index (χ1) is 10.0. The average molecular weight is 291 g/mol. The van der Waals surface area contributed by atoms with E-state index in [2.05, 4.69) is 5.32 Å². The van der Waals surface area contributed by atoms with Crippen molar-refractivity contribution in [3.8, 4) is 0 Å². The van der Waals surface area contributed by atoms with E-state index < -0.39 is 5.82 Å². The van der Waals surface area contributed by atoms with Gasteiger partial charge < -0.3 is 14.8 Å². The summed E-state index contributed by atoms with van der Waals surface area (Å²) in [4.78, 5) is 12.1. The lowest BCUT2D eigenvalue weighted by molar-refractivity contribution is 0.0920. The molecule has 112 valence electrons. The Balaban J connectivity index is 2.05. The summed E-state index contributed by atoms with van der Waals surface area (Å²) in [5.74, 6) is 0.308. The van der Waals surface area contributed by atoms with Gasteiger partial charge in [0.15, 0.2) is 5.76 Å². The second-order valence-electron chi connectivity index (χ2n) is 4.84. The second-order valence-corrected chi connectivity index (χ2v) is 4.84. The van der Waals surface area contributed by atoms with Crippen LogP contribution in [0.3, 0.4) is 0 Å². The fourth-order valence-corrected chi connectivity index (χ4v) is 2.07. The fourth-order valence-electron chi connectivity index (χ4n) is 2.07. The topological polar surface area (TPSA) is 62.5 Å². The minimum Gasteiger partial charge on any atom is -0.456 e. The normalized spacial score (nSPS) is 10.7. The minimum atomic E-state index is -0.456. The summed E-state index contributed by atoms with van der Waals surface area (Å²) in [6.07, 6.45) is 0.728. The molecule has 4 nitrogen and oxygen atoms in total. The Kier molecular flexibility index (Phi) is 4.75. The molecule has 0 aliphatic heterocycles. The molecule has 0 unspecified atom stereocenters. The number of furan rings is 1. The molecule has 1 aromatic carbocycles. The Morgan fingerprint density at radius 1 is 1.38 bits per heavy atom. The van der Waals surface area contributed by atoms with Crippen LogP contribution in [-0.4, -0.2) is 11.0 Å². The first-order valence-electron chi connectivity index (χ1n) is 6.80. The van der Waals surface area contributed by atoms with Crippen LogP contribution < -0.4 is 5.32 Å². The van der Waals surface area contributed by atoms with Gasteiger partial charge in [0.2, 0.25) is 0 Å². The number of amides is 1. The zero-order valence-corrected chi connectivity index (χ0v) is 12.1. The van der Waals surface area contributed by atoms with Crippen molar-refractivity contribution in [1.29, 1.82) is 0 Å². The van der Waals surface area contributed by atoms with E-state index in [4.69, 9.17) is 9.52 Å². The maximum atomic E-state index is 13.3. The SMILES string of the molecule is CCc1cc(C)c(C(=O)NCc2ccc(F)c(CO)c2)o1. The Morgan fingerprint density at radius 2 is 2.14 bits per heavy atom. The van der Waals surface area contributed by atoms with E-state index in [0.717, 1.165) is 17.7 Å². The number of aliphatic hydroxyl groups is 1. The highest BCUT2D eigenvalue weighted by Gasteiger charge is 2.15. The summed E-state index contributed by atoms with van der Waals surface area (Å²) < 4.78 is 18.7. The van der Waals surface area contributed by atoms with Crippen molar-refractivity contribution in [3.05, 3.63) is 58.3 Å². The second kappa shape index (κ2) is 6.54. The Morgan fingerprint density at radius 3 is 2.76 bits per heavy atom. The molecule has 1 heterocycles. The molecule has 0 bridgehead atoms. The molecule has 2 rings (SSSR count). The van der Waals surface area contributed by atoms with E-state index in [0.29, 0.717) is 11.3 Å². The summed E-state index contributed by atoms with van der Waals surface area (Å²) in [5, 5.41) is 11.7. The monoisotopic (exact) mass is 291 g/mol. The van der Waals surface area contributed by atoms with Crippen molar-refractivity contribution in [1.82, 2.24) is 5.32 Å². The first-order valence-corrected chi connectivity index (χ1v) is 6.80. The molecule has 0 atom stereocenters. The van der Waals surface area contributed by atoms with Crippen molar-refractivity contribution in [3.63, 3.8) is 0 Å². The maximum absolute atomic E-state index is 13.3. The van der Waals surface area contributed by atoms with Crippen molar-refractivity contribution < 1.29 is 18.7 Å². The standard InChI is InChI=1S/C16H18FNO3/c1-3-13-6-10(2)15(21-13)16(20)18-8-11-4-5-14(17)12(7-11)9-19/h4-7,19H,3,8-9H2,1-2H3,(H,18,20). The number of rotatable bonds is 5. The van der Waals surface area contributed by atoms with Crippen molar-refractivity contribution in [2.45, 2.75) is 33.4 Å². The van der Waals surface area contributed by atoms with E-state index in [9.17, 15) is 9.18 Å². The molecule has 0 spiro atoms. The highest BCUT2D eigenvalue weighted by Crippen LogP contribution is 2.15. The van der Waals surface area contributed by atoms with E-state index in [1.807, 2.05) is 19.9 Å². The van der Waals surface area contributed by atoms with Gasteiger partial charge in [-0.25, -0.2) is 4.39 Å². The lowest BCUT2D eigenvalue weighted by Gasteiger charge is -2.06. The Hall–Kier alpha value is -2.14. The molecule has 0 radical (unpaired) electrons. The van der Waals surface area contributed by atoms with Gasteiger partial charge in [-0.1, -0.05) is 13.0 Å². The Labute approximate surface area is 122 Å². The molecule has 0 aliphatic carbocycles. The number of carbonyl (C=O) groups is 1. The highest BCUT2D eigenvalue weighted by atomic mass is 19.1. The zero-order valence-electron chi connectivity index (χ0n) is 12.1. The molecular weight excluding hydrogens is 273 g/mol. The Bertz CT molecular complexity index is 649. The summed E-state index contributed by atoms with van der Waals surface area (Å²) in [7, 11) is 0. The van der Waals surface area contributed by atoms with Crippen LogP contribution in [-0.2, 0) is 19.6 Å². The van der Waals surface area contributed by atoms with Gasteiger partial charge in [0.1, 0.15) is 11.6 Å². The largest absolute Gasteiger partial charge is 0.456 e. The van der Waals surface area contributed by atoms with Crippen LogP contribution in [0.2, 0.25) is 0 Å².